The van der Waals surface area contributed by atoms with Crippen molar-refractivity contribution < 1.29 is 62.2 Å². The Morgan fingerprint density at radius 2 is 1.34 bits per heavy atom. The Balaban J connectivity index is 1.41. The third-order valence-electron chi connectivity index (χ3n) is 20.0. The average Bonchev–Trinajstić information content (AvgIpc) is 1.79. The molecule has 542 valence electrons. The van der Waals surface area contributed by atoms with Gasteiger partial charge in [-0.15, -0.1) is 0 Å². The van der Waals surface area contributed by atoms with Crippen LogP contribution >= 0.6 is 0 Å². The Bertz CT molecular complexity index is 2900. The molecule has 0 saturated carbocycles. The van der Waals surface area contributed by atoms with Crippen molar-refractivity contribution in [1.29, 1.82) is 0 Å². The first-order valence-electron chi connectivity index (χ1n) is 35.3. The van der Waals surface area contributed by atoms with Gasteiger partial charge in [0, 0.05) is 128 Å². The number of carbonyl (C=O) groups is 11. The number of hydrogen-bond acceptors (Lipinski definition) is 14. The molecule has 97 heavy (non-hydrogen) atoms. The second kappa shape index (κ2) is 40.7. The number of carbonyl (C=O) groups excluding carboxylic acids is 11. The number of nitrogens with two attached hydrogens (primary N) is 1. The van der Waals surface area contributed by atoms with Crippen LogP contribution in [0.5, 0.6) is 0 Å². The molecular weight excluding hydrogens is 1240 g/mol. The molecule has 2 aliphatic heterocycles. The van der Waals surface area contributed by atoms with Gasteiger partial charge in [0.05, 0.1) is 42.8 Å². The van der Waals surface area contributed by atoms with E-state index in [1.165, 1.54) is 0 Å². The number of likely N-dealkylation sites (N-methyl/N-ethyl adjacent to an activating group) is 2. The molecule has 0 spiro atoms. The van der Waals surface area contributed by atoms with E-state index in [2.05, 4.69) is 26.6 Å². The van der Waals surface area contributed by atoms with Gasteiger partial charge in [-0.3, -0.25) is 52.8 Å². The highest BCUT2D eigenvalue weighted by Crippen LogP contribution is 2.33. The van der Waals surface area contributed by atoms with Crippen LogP contribution in [0.2, 0.25) is 0 Å². The summed E-state index contributed by atoms with van der Waals surface area (Å²) in [5.74, 6) is -5.85. The third-order valence-corrected chi connectivity index (χ3v) is 20.0. The van der Waals surface area contributed by atoms with Gasteiger partial charge in [-0.25, -0.2) is 4.79 Å². The van der Waals surface area contributed by atoms with Crippen LogP contribution in [-0.4, -0.2) is 195 Å². The second-order valence-corrected chi connectivity index (χ2v) is 28.4. The number of nitrogens with zero attached hydrogens (tertiary/aromatic N) is 4. The number of urea groups is 1. The molecule has 2 heterocycles. The molecule has 13 atom stereocenters. The van der Waals surface area contributed by atoms with E-state index in [-0.39, 0.29) is 147 Å². The van der Waals surface area contributed by atoms with Gasteiger partial charge in [0.15, 0.2) is 11.6 Å². The van der Waals surface area contributed by atoms with Crippen LogP contribution < -0.4 is 32.3 Å². The topological polar surface area (TPSA) is 305 Å². The van der Waals surface area contributed by atoms with Crippen molar-refractivity contribution in [1.82, 2.24) is 40.9 Å². The summed E-state index contributed by atoms with van der Waals surface area (Å²) in [5, 5.41) is 14.0. The molecule has 0 aromatic heterocycles. The number of nitrogens with one attached hydrogen (secondary N) is 5. The normalized spacial score (nSPS) is 18.8. The maximum absolute atomic E-state index is 14.7. The average molecular weight is 1360 g/mol. The Morgan fingerprint density at radius 3 is 1.91 bits per heavy atom. The Morgan fingerprint density at radius 1 is 0.680 bits per heavy atom. The third kappa shape index (κ3) is 25.0. The number of ketones is 3. The van der Waals surface area contributed by atoms with Gasteiger partial charge in [-0.05, 0) is 119 Å². The van der Waals surface area contributed by atoms with Crippen molar-refractivity contribution in [3.8, 4) is 0 Å². The fourth-order valence-electron chi connectivity index (χ4n) is 14.3. The molecule has 2 aliphatic rings. The number of primary amides is 1. The van der Waals surface area contributed by atoms with Crippen LogP contribution in [0.3, 0.4) is 0 Å². The minimum atomic E-state index is -0.942. The molecule has 7 N–H and O–H groups in total. The Hall–Kier alpha value is -7.11. The zero-order valence-corrected chi connectivity index (χ0v) is 61.0. The number of ether oxygens (including phenoxy) is 2. The lowest BCUT2D eigenvalue weighted by Gasteiger charge is -2.41. The SMILES string of the molecule is CC[C@H](C)[C@@H]([C@@H](CC(=O)N1CCC[C@H]1[C@H](OC)[C@@H](C)C(=O)C[C@@H](Cc1ccccc1)C(=O)NCCc1ccc(NC(=O)[C@H](CCCNC(N)=O)CC(=O)[C@@H](NC(=O)CCC(=O)N2CCC(C(=O)NC)CC2C)C(C)C)cc1)OC)N(C)C(=O)[C@@H](CC(=O)[C@H](C(C)C)N(C)C)C(C)C. The van der Waals surface area contributed by atoms with Gasteiger partial charge in [0.2, 0.25) is 41.4 Å². The van der Waals surface area contributed by atoms with Crippen LogP contribution in [0.25, 0.3) is 0 Å². The molecule has 4 rings (SSSR count). The van der Waals surface area contributed by atoms with Crippen molar-refractivity contribution in [2.75, 3.05) is 73.9 Å². The minimum absolute atomic E-state index is 0.0157. The van der Waals surface area contributed by atoms with E-state index in [1.54, 1.807) is 75.9 Å². The van der Waals surface area contributed by atoms with E-state index in [1.807, 2.05) is 110 Å². The van der Waals surface area contributed by atoms with Crippen LogP contribution in [0.4, 0.5) is 10.5 Å². The quantitative estimate of drug-likeness (QED) is 0.0360. The molecule has 0 bridgehead atoms. The molecule has 9 amide bonds. The highest BCUT2D eigenvalue weighted by atomic mass is 16.5. The van der Waals surface area contributed by atoms with Crippen LogP contribution in [0.15, 0.2) is 54.6 Å². The lowest BCUT2D eigenvalue weighted by Crippen LogP contribution is -2.54. The first kappa shape index (κ1) is 82.3. The maximum atomic E-state index is 14.7. The van der Waals surface area contributed by atoms with Crippen molar-refractivity contribution in [3.63, 3.8) is 0 Å². The van der Waals surface area contributed by atoms with E-state index in [4.69, 9.17) is 15.2 Å². The molecule has 23 nitrogen and oxygen atoms in total. The summed E-state index contributed by atoms with van der Waals surface area (Å²) in [6.07, 6.45) is 2.51. The standard InChI is InChI=1S/C74H118N10O13/c1-17-48(8)68(82(14)73(94)57(45(2)3)43-61(87)67(47(6)7)81(12)13)62(96-15)44-65(90)84-37-22-26-58(84)69(97-16)50(10)59(85)42-55(40-52-23-19-18-20-24-52)71(92)77-36-33-51-27-29-56(30-28-51)79-72(93)53(25-21-35-78-74(75)95)41-60(86)66(46(4)5)80-63(88)31-32-64(89)83-38-34-54(39-49(83)9)70(91)76-11/h18-20,23-24,27-30,45-50,53-55,57-58,62,66-69H,17,21-22,25-26,31-44H2,1-16H3,(H,76,91)(H,77,92)(H,79,93)(H,80,88)(H3,75,78,95)/t48-,49?,50-,53+,54?,55+,57-,58-,62+,66-,67-,68-,69+/m0/s1. The van der Waals surface area contributed by atoms with Crippen molar-refractivity contribution in [2.24, 2.45) is 59.0 Å². The predicted octanol–water partition coefficient (Wildman–Crippen LogP) is 7.16. The molecule has 2 aromatic carbocycles. The van der Waals surface area contributed by atoms with Gasteiger partial charge in [-0.2, -0.15) is 0 Å². The number of benzene rings is 2. The van der Waals surface area contributed by atoms with Crippen molar-refractivity contribution in [2.45, 2.75) is 208 Å². The smallest absolute Gasteiger partial charge is 0.312 e. The molecule has 2 fully saturated rings. The number of rotatable bonds is 41. The lowest BCUT2D eigenvalue weighted by molar-refractivity contribution is -0.149. The largest absolute Gasteiger partial charge is 0.379 e. The number of hydrogen-bond donors (Lipinski definition) is 6. The summed E-state index contributed by atoms with van der Waals surface area (Å²) in [6.45, 7) is 20.5. The van der Waals surface area contributed by atoms with E-state index >= 15 is 0 Å². The molecule has 2 aromatic rings. The summed E-state index contributed by atoms with van der Waals surface area (Å²) in [6, 6.07) is 13.5. The van der Waals surface area contributed by atoms with Gasteiger partial charge in [0.25, 0.3) is 0 Å². The number of piperidine rings is 1. The van der Waals surface area contributed by atoms with E-state index in [0.717, 1.165) is 11.1 Å². The number of amides is 9. The molecule has 0 aliphatic carbocycles. The molecule has 2 saturated heterocycles. The first-order chi connectivity index (χ1) is 45.9. The second-order valence-electron chi connectivity index (χ2n) is 28.4. The predicted molar refractivity (Wildman–Crippen MR) is 375 cm³/mol. The Kier molecular flexibility index (Phi) is 34.5. The summed E-state index contributed by atoms with van der Waals surface area (Å²) < 4.78 is 12.3. The fourth-order valence-corrected chi connectivity index (χ4v) is 14.3. The van der Waals surface area contributed by atoms with E-state index in [9.17, 15) is 52.7 Å². The van der Waals surface area contributed by atoms with Gasteiger partial charge in [-0.1, -0.05) is 111 Å². The van der Waals surface area contributed by atoms with Crippen molar-refractivity contribution >= 4 is 70.4 Å². The number of Topliss-reactive ketones (excluding diaryl/α,β-unsaturated/α-hetero) is 3. The summed E-state index contributed by atoms with van der Waals surface area (Å²) in [7, 11) is 10.2. The van der Waals surface area contributed by atoms with Crippen LogP contribution in [0.1, 0.15) is 164 Å². The first-order valence-corrected chi connectivity index (χ1v) is 35.3. The van der Waals surface area contributed by atoms with Gasteiger partial charge >= 0.3 is 6.03 Å². The zero-order valence-electron chi connectivity index (χ0n) is 61.0. The zero-order chi connectivity index (χ0) is 72.4. The maximum Gasteiger partial charge on any atom is 0.312 e. The molecule has 2 unspecified atom stereocenters. The van der Waals surface area contributed by atoms with Gasteiger partial charge < -0.3 is 56.5 Å². The van der Waals surface area contributed by atoms with Crippen molar-refractivity contribution in [3.05, 3.63) is 65.7 Å². The van der Waals surface area contributed by atoms with Crippen LogP contribution in [0, 0.1) is 53.3 Å². The summed E-state index contributed by atoms with van der Waals surface area (Å²) in [4.78, 5) is 157. The number of methoxy groups -OCH3 is 2. The highest BCUT2D eigenvalue weighted by Gasteiger charge is 2.44. The fraction of sp³-hybridized carbons (Fsp3) is 0.689. The Labute approximate surface area is 577 Å². The van der Waals surface area contributed by atoms with E-state index in [0.29, 0.717) is 70.1 Å². The molecule has 0 radical (unpaired) electrons. The monoisotopic (exact) mass is 1350 g/mol. The minimum Gasteiger partial charge on any atom is -0.379 e. The summed E-state index contributed by atoms with van der Waals surface area (Å²) in [5.41, 5.74) is 7.48. The lowest BCUT2D eigenvalue weighted by atomic mass is 9.83. The molecular formula is C74H118N10O13. The number of anilines is 1. The van der Waals surface area contributed by atoms with Gasteiger partial charge in [0.1, 0.15) is 5.78 Å². The highest BCUT2D eigenvalue weighted by molar-refractivity contribution is 5.98. The van der Waals surface area contributed by atoms with E-state index < -0.39 is 71.9 Å². The summed E-state index contributed by atoms with van der Waals surface area (Å²) >= 11 is 0. The molecule has 23 heteroatoms. The van der Waals surface area contributed by atoms with Crippen LogP contribution in [-0.2, 0) is 70.3 Å². The number of likely N-dealkylation sites (tertiary alicyclic amines) is 2.